The van der Waals surface area contributed by atoms with Crippen molar-refractivity contribution in [3.63, 3.8) is 0 Å². The van der Waals surface area contributed by atoms with E-state index in [0.29, 0.717) is 35.5 Å². The Hall–Kier alpha value is -4.52. The lowest BCUT2D eigenvalue weighted by Crippen LogP contribution is -2.54. The molecule has 0 saturated carbocycles. The van der Waals surface area contributed by atoms with Gasteiger partial charge in [0, 0.05) is 30.3 Å². The van der Waals surface area contributed by atoms with Crippen LogP contribution in [0.1, 0.15) is 24.0 Å². The van der Waals surface area contributed by atoms with Crippen LogP contribution in [0.2, 0.25) is 5.02 Å². The number of aromatic nitrogens is 3. The Bertz CT molecular complexity index is 1550. The van der Waals surface area contributed by atoms with Crippen LogP contribution in [0.4, 0.5) is 18.9 Å². The number of piperidine rings is 1. The molecule has 2 aromatic carbocycles. The maximum atomic E-state index is 12.9. The highest BCUT2D eigenvalue weighted by Crippen LogP contribution is 2.35. The van der Waals surface area contributed by atoms with E-state index in [2.05, 4.69) is 20.9 Å². The summed E-state index contributed by atoms with van der Waals surface area (Å²) in [5, 5.41) is 12.9. The molecule has 0 radical (unpaired) electrons. The van der Waals surface area contributed by atoms with Crippen molar-refractivity contribution in [2.24, 2.45) is 0 Å². The first-order valence-electron chi connectivity index (χ1n) is 12.1. The molecule has 40 heavy (non-hydrogen) atoms. The van der Waals surface area contributed by atoms with E-state index in [0.717, 1.165) is 17.0 Å². The Morgan fingerprint density at radius 3 is 2.50 bits per heavy atom. The van der Waals surface area contributed by atoms with Crippen LogP contribution >= 0.6 is 11.6 Å². The minimum Gasteiger partial charge on any atom is -0.351 e. The Balaban J connectivity index is 1.19. The number of benzene rings is 2. The van der Waals surface area contributed by atoms with E-state index in [1.807, 2.05) is 0 Å². The number of rotatable bonds is 7. The maximum Gasteiger partial charge on any atom is 0.417 e. The van der Waals surface area contributed by atoms with Gasteiger partial charge in [-0.05, 0) is 42.7 Å². The number of nitrogens with one attached hydrogen (secondary N) is 2. The monoisotopic (exact) mass is 572 g/mol. The smallest absolute Gasteiger partial charge is 0.351 e. The zero-order chi connectivity index (χ0) is 28.6. The van der Waals surface area contributed by atoms with Crippen LogP contribution in [0.3, 0.4) is 0 Å². The van der Waals surface area contributed by atoms with Crippen molar-refractivity contribution in [1.82, 2.24) is 25.2 Å². The first kappa shape index (κ1) is 27.1. The molecule has 4 amide bonds. The lowest BCUT2D eigenvalue weighted by molar-refractivity contribution is -0.149. The molecular weight excluding hydrogens is 553 g/mol. The molecule has 206 valence electrons. The number of carbonyl (C=O) groups is 4. The second kappa shape index (κ2) is 10.6. The normalized spacial score (nSPS) is 17.8. The van der Waals surface area contributed by atoms with Gasteiger partial charge in [0.05, 0.1) is 16.8 Å². The van der Waals surface area contributed by atoms with Gasteiger partial charge in [0.2, 0.25) is 11.8 Å². The average Bonchev–Trinajstić information content (AvgIpc) is 3.47. The predicted molar refractivity (Wildman–Crippen MR) is 135 cm³/mol. The van der Waals surface area contributed by atoms with E-state index in [4.69, 9.17) is 11.6 Å². The molecule has 0 aliphatic carbocycles. The molecule has 0 bridgehead atoms. The number of hydrogen-bond acceptors (Lipinski definition) is 7. The predicted octanol–water partition coefficient (Wildman–Crippen LogP) is 3.33. The highest BCUT2D eigenvalue weighted by molar-refractivity contribution is 6.31. The summed E-state index contributed by atoms with van der Waals surface area (Å²) in [5.41, 5.74) is 1.50. The van der Waals surface area contributed by atoms with Crippen LogP contribution in [-0.2, 0) is 38.3 Å². The van der Waals surface area contributed by atoms with Gasteiger partial charge < -0.3 is 5.32 Å². The zero-order valence-corrected chi connectivity index (χ0v) is 21.3. The van der Waals surface area contributed by atoms with Crippen molar-refractivity contribution >= 4 is 40.9 Å². The molecule has 1 aromatic heterocycles. The van der Waals surface area contributed by atoms with Crippen molar-refractivity contribution < 1.29 is 32.3 Å². The van der Waals surface area contributed by atoms with E-state index in [1.165, 1.54) is 12.1 Å². The summed E-state index contributed by atoms with van der Waals surface area (Å²) in [6, 6.07) is 9.37. The molecule has 3 heterocycles. The van der Waals surface area contributed by atoms with E-state index < -0.39 is 41.4 Å². The van der Waals surface area contributed by atoms with Crippen molar-refractivity contribution in [3.05, 3.63) is 76.6 Å². The Morgan fingerprint density at radius 1 is 1.07 bits per heavy atom. The van der Waals surface area contributed by atoms with E-state index in [1.54, 1.807) is 35.1 Å². The van der Waals surface area contributed by atoms with Crippen molar-refractivity contribution in [3.8, 4) is 11.3 Å². The van der Waals surface area contributed by atoms with Crippen molar-refractivity contribution in [2.45, 2.75) is 38.0 Å². The lowest BCUT2D eigenvalue weighted by atomic mass is 10.0. The summed E-state index contributed by atoms with van der Waals surface area (Å²) in [7, 11) is 0. The van der Waals surface area contributed by atoms with Crippen LogP contribution in [0.5, 0.6) is 0 Å². The van der Waals surface area contributed by atoms with Gasteiger partial charge in [-0.1, -0.05) is 35.0 Å². The second-order valence-corrected chi connectivity index (χ2v) is 9.58. The Labute approximate surface area is 229 Å². The van der Waals surface area contributed by atoms with Gasteiger partial charge in [-0.25, -0.2) is 0 Å². The minimum atomic E-state index is -4.52. The van der Waals surface area contributed by atoms with Crippen LogP contribution in [0.15, 0.2) is 60.4 Å². The average molecular weight is 573 g/mol. The summed E-state index contributed by atoms with van der Waals surface area (Å²) in [4.78, 5) is 49.6. The number of aryl methyl sites for hydroxylation is 2. The first-order chi connectivity index (χ1) is 19.0. The van der Waals surface area contributed by atoms with Crippen LogP contribution in [-0.4, -0.2) is 49.6 Å². The molecule has 1 saturated heterocycles. The number of anilines is 1. The van der Waals surface area contributed by atoms with Gasteiger partial charge >= 0.3 is 6.18 Å². The van der Waals surface area contributed by atoms with Gasteiger partial charge in [0.15, 0.2) is 0 Å². The molecule has 5 rings (SSSR count). The first-order valence-corrected chi connectivity index (χ1v) is 12.4. The lowest BCUT2D eigenvalue weighted by Gasteiger charge is -2.28. The van der Waals surface area contributed by atoms with Gasteiger partial charge in [-0.3, -0.25) is 34.1 Å². The van der Waals surface area contributed by atoms with E-state index in [9.17, 15) is 32.3 Å². The number of carbonyl (C=O) groups excluding carboxylic acids is 4. The standard InChI is InChI=1S/C26H20ClF3N6O4/c27-18-11-14(1-6-17(18)26(28,29)30)9-10-35-13-20(33-34-35)15-2-4-16(5-3-15)31-19-12-23(38)36(25(19)40)21-7-8-22(37)32-24(21)39/h1-6,11-13,21,31H,7-10H2,(H,32,37,39). The number of alkyl halides is 3. The number of nitrogens with zero attached hydrogens (tertiary/aromatic N) is 4. The summed E-state index contributed by atoms with van der Waals surface area (Å²) >= 11 is 5.79. The largest absolute Gasteiger partial charge is 0.417 e. The van der Waals surface area contributed by atoms with Crippen LogP contribution in [0.25, 0.3) is 11.3 Å². The summed E-state index contributed by atoms with van der Waals surface area (Å²) in [6.45, 7) is 0.363. The van der Waals surface area contributed by atoms with Gasteiger partial charge in [-0.15, -0.1) is 5.10 Å². The van der Waals surface area contributed by atoms with Crippen molar-refractivity contribution in [2.75, 3.05) is 5.32 Å². The second-order valence-electron chi connectivity index (χ2n) is 9.17. The third-order valence-electron chi connectivity index (χ3n) is 6.44. The molecule has 0 spiro atoms. The third-order valence-corrected chi connectivity index (χ3v) is 6.76. The fourth-order valence-electron chi connectivity index (χ4n) is 4.41. The quantitative estimate of drug-likeness (QED) is 0.416. The van der Waals surface area contributed by atoms with Gasteiger partial charge in [-0.2, -0.15) is 13.2 Å². The Kier molecular flexibility index (Phi) is 7.15. The molecule has 2 N–H and O–H groups in total. The third kappa shape index (κ3) is 5.59. The van der Waals surface area contributed by atoms with E-state index >= 15 is 0 Å². The highest BCUT2D eigenvalue weighted by atomic mass is 35.5. The SMILES string of the molecule is O=C1CCC(N2C(=O)C=C(Nc3ccc(-c4cn(CCc5ccc(C(F)(F)F)c(Cl)c5)nn4)cc3)C2=O)C(=O)N1. The highest BCUT2D eigenvalue weighted by Gasteiger charge is 2.42. The number of hydrogen-bond donors (Lipinski definition) is 2. The minimum absolute atomic E-state index is 0.00300. The molecule has 14 heteroatoms. The van der Waals surface area contributed by atoms with Crippen LogP contribution in [0, 0.1) is 0 Å². The molecule has 1 atom stereocenters. The number of imide groups is 2. The topological polar surface area (TPSA) is 126 Å². The molecule has 2 aliphatic rings. The molecular formula is C26H20ClF3N6O4. The molecule has 10 nitrogen and oxygen atoms in total. The molecule has 3 aromatic rings. The maximum absolute atomic E-state index is 12.9. The van der Waals surface area contributed by atoms with Gasteiger partial charge in [0.1, 0.15) is 17.4 Å². The Morgan fingerprint density at radius 2 is 1.82 bits per heavy atom. The molecule has 2 aliphatic heterocycles. The molecule has 1 unspecified atom stereocenters. The van der Waals surface area contributed by atoms with Crippen molar-refractivity contribution in [1.29, 1.82) is 0 Å². The number of amides is 4. The number of halogens is 4. The van der Waals surface area contributed by atoms with Crippen LogP contribution < -0.4 is 10.6 Å². The van der Waals surface area contributed by atoms with E-state index in [-0.39, 0.29) is 23.6 Å². The molecule has 1 fully saturated rings. The fraction of sp³-hybridized carbons (Fsp3) is 0.231. The summed E-state index contributed by atoms with van der Waals surface area (Å²) < 4.78 is 40.3. The summed E-state index contributed by atoms with van der Waals surface area (Å²) in [6.07, 6.45) is -1.23. The fourth-order valence-corrected chi connectivity index (χ4v) is 4.72. The summed E-state index contributed by atoms with van der Waals surface area (Å²) in [5.74, 6) is -2.45. The zero-order valence-electron chi connectivity index (χ0n) is 20.5. The van der Waals surface area contributed by atoms with Gasteiger partial charge in [0.25, 0.3) is 11.8 Å².